The Labute approximate surface area is 160 Å². The average molecular weight is 373 g/mol. The predicted molar refractivity (Wildman–Crippen MR) is 99.2 cm³/mol. The van der Waals surface area contributed by atoms with Crippen molar-refractivity contribution in [2.45, 2.75) is 63.6 Å². The summed E-state index contributed by atoms with van der Waals surface area (Å²) >= 11 is 0. The number of hydrogen-bond acceptors (Lipinski definition) is 6. The molecule has 1 aliphatic rings. The number of nitrogens with zero attached hydrogens (tertiary/aromatic N) is 1. The van der Waals surface area contributed by atoms with Gasteiger partial charge >= 0.3 is 5.97 Å². The Balaban J connectivity index is 1.75. The maximum Gasteiger partial charge on any atom is 0.305 e. The Hall–Kier alpha value is -2.43. The molecule has 3 atom stereocenters. The molecule has 7 nitrogen and oxygen atoms in total. The molecule has 1 amide bonds. The van der Waals surface area contributed by atoms with Gasteiger partial charge < -0.3 is 10.1 Å². The number of benzene rings is 1. The first-order chi connectivity index (χ1) is 13.0. The van der Waals surface area contributed by atoms with Gasteiger partial charge in [-0.25, -0.2) is 0 Å². The minimum absolute atomic E-state index is 0.0116. The van der Waals surface area contributed by atoms with Gasteiger partial charge in [0, 0.05) is 12.5 Å². The summed E-state index contributed by atoms with van der Waals surface area (Å²) in [5.41, 5.74) is 4.62. The highest BCUT2D eigenvalue weighted by molar-refractivity contribution is 5.76. The number of methoxy groups -OCH3 is 1. The molecule has 0 aromatic heterocycles. The molecular weight excluding hydrogens is 346 g/mol. The van der Waals surface area contributed by atoms with E-state index in [4.69, 9.17) is 10.1 Å². The Morgan fingerprint density at radius 2 is 2.15 bits per heavy atom. The number of amides is 1. The zero-order valence-corrected chi connectivity index (χ0v) is 15.9. The lowest BCUT2D eigenvalue weighted by Crippen LogP contribution is -2.36. The third-order valence-electron chi connectivity index (χ3n) is 4.75. The van der Waals surface area contributed by atoms with E-state index >= 15 is 0 Å². The minimum Gasteiger partial charge on any atom is -0.469 e. The van der Waals surface area contributed by atoms with Crippen molar-refractivity contribution in [3.63, 3.8) is 0 Å². The van der Waals surface area contributed by atoms with Crippen LogP contribution in [0.15, 0.2) is 24.3 Å². The van der Waals surface area contributed by atoms with Gasteiger partial charge in [-0.2, -0.15) is 10.7 Å². The molecule has 1 unspecified atom stereocenters. The highest BCUT2D eigenvalue weighted by atomic mass is 16.7. The second-order valence-electron chi connectivity index (χ2n) is 6.72. The zero-order chi connectivity index (χ0) is 19.6. The van der Waals surface area contributed by atoms with Crippen molar-refractivity contribution >= 4 is 11.9 Å². The molecule has 27 heavy (non-hydrogen) atoms. The number of ether oxygens (including phenoxy) is 1. The molecule has 1 heterocycles. The molecular formula is C20H27N3O4. The number of esters is 1. The van der Waals surface area contributed by atoms with Crippen LogP contribution >= 0.6 is 0 Å². The summed E-state index contributed by atoms with van der Waals surface area (Å²) < 4.78 is 4.63. The van der Waals surface area contributed by atoms with E-state index in [0.29, 0.717) is 24.8 Å². The molecule has 0 spiro atoms. The lowest BCUT2D eigenvalue weighted by molar-refractivity contribution is -0.140. The lowest BCUT2D eigenvalue weighted by Gasteiger charge is -2.17. The number of hydrogen-bond donors (Lipinski definition) is 2. The van der Waals surface area contributed by atoms with Gasteiger partial charge in [0.15, 0.2) is 0 Å². The fraction of sp³-hybridized carbons (Fsp3) is 0.550. The Bertz CT molecular complexity index is 669. The molecule has 1 aromatic rings. The Morgan fingerprint density at radius 1 is 1.41 bits per heavy atom. The molecule has 1 aromatic carbocycles. The van der Waals surface area contributed by atoms with E-state index < -0.39 is 0 Å². The minimum atomic E-state index is -0.226. The van der Waals surface area contributed by atoms with Crippen LogP contribution in [0.3, 0.4) is 0 Å². The first-order valence-electron chi connectivity index (χ1n) is 9.33. The van der Waals surface area contributed by atoms with E-state index in [2.05, 4.69) is 21.6 Å². The molecule has 2 N–H and O–H groups in total. The topological polar surface area (TPSA) is 100 Å². The maximum absolute atomic E-state index is 12.3. The largest absolute Gasteiger partial charge is 0.469 e. The van der Waals surface area contributed by atoms with Crippen molar-refractivity contribution in [2.75, 3.05) is 7.11 Å². The van der Waals surface area contributed by atoms with Gasteiger partial charge in [-0.3, -0.25) is 14.4 Å². The third-order valence-corrected chi connectivity index (χ3v) is 4.75. The van der Waals surface area contributed by atoms with Crippen molar-refractivity contribution in [3.8, 4) is 6.07 Å². The summed E-state index contributed by atoms with van der Waals surface area (Å²) in [6.45, 7) is 2.01. The average Bonchev–Trinajstić information content (AvgIpc) is 3.15. The van der Waals surface area contributed by atoms with Crippen LogP contribution in [0, 0.1) is 11.3 Å². The molecule has 1 aliphatic heterocycles. The maximum atomic E-state index is 12.3. The van der Waals surface area contributed by atoms with Crippen LogP contribution in [0.1, 0.15) is 62.6 Å². The smallest absolute Gasteiger partial charge is 0.305 e. The normalized spacial score (nSPS) is 19.9. The molecule has 1 saturated heterocycles. The van der Waals surface area contributed by atoms with Gasteiger partial charge in [0.2, 0.25) is 5.91 Å². The molecule has 146 valence electrons. The molecule has 0 saturated carbocycles. The van der Waals surface area contributed by atoms with E-state index in [0.717, 1.165) is 18.4 Å². The summed E-state index contributed by atoms with van der Waals surface area (Å²) in [5.74, 6) is -0.275. The zero-order valence-electron chi connectivity index (χ0n) is 15.9. The van der Waals surface area contributed by atoms with Crippen LogP contribution in [0.5, 0.6) is 0 Å². The van der Waals surface area contributed by atoms with E-state index in [9.17, 15) is 9.59 Å². The molecule has 7 heteroatoms. The highest BCUT2D eigenvalue weighted by Gasteiger charge is 2.28. The van der Waals surface area contributed by atoms with E-state index in [-0.39, 0.29) is 36.5 Å². The number of nitrogens with one attached hydrogen (secondary N) is 2. The van der Waals surface area contributed by atoms with Crippen LogP contribution in [-0.2, 0) is 19.2 Å². The van der Waals surface area contributed by atoms with Crippen LogP contribution in [0.2, 0.25) is 0 Å². The first-order valence-corrected chi connectivity index (χ1v) is 9.33. The van der Waals surface area contributed by atoms with Crippen molar-refractivity contribution < 1.29 is 19.2 Å². The first kappa shape index (κ1) is 20.9. The fourth-order valence-electron chi connectivity index (χ4n) is 3.12. The molecule has 0 bridgehead atoms. The molecule has 0 radical (unpaired) electrons. The van der Waals surface area contributed by atoms with Crippen LogP contribution in [0.4, 0.5) is 0 Å². The summed E-state index contributed by atoms with van der Waals surface area (Å²) in [6.07, 6.45) is 3.39. The summed E-state index contributed by atoms with van der Waals surface area (Å²) in [7, 11) is 1.38. The number of nitriles is 1. The number of carbonyl (C=O) groups excluding carboxylic acids is 2. The van der Waals surface area contributed by atoms with Crippen molar-refractivity contribution in [2.24, 2.45) is 0 Å². The predicted octanol–water partition coefficient (Wildman–Crippen LogP) is 2.52. The number of rotatable bonds is 9. The van der Waals surface area contributed by atoms with Gasteiger partial charge in [0.1, 0.15) is 0 Å². The fourth-order valence-corrected chi connectivity index (χ4v) is 3.12. The standard InChI is InChI=1S/C20H27N3O4/c1-3-16(5-4-6-20(25)26-2)22-19(24)12-17-11-18(23-27-17)15-9-7-14(13-21)8-10-15/h7-10,16-18,23H,3-6,11-12H2,1-2H3,(H,22,24)/t16?,17-,18+/m1/s1. The Kier molecular flexibility index (Phi) is 8.24. The number of hydroxylamine groups is 1. The molecule has 0 aliphatic carbocycles. The van der Waals surface area contributed by atoms with E-state index in [1.165, 1.54) is 7.11 Å². The summed E-state index contributed by atoms with van der Waals surface area (Å²) in [4.78, 5) is 29.0. The second kappa shape index (κ2) is 10.7. The van der Waals surface area contributed by atoms with Crippen LogP contribution in [-0.4, -0.2) is 31.1 Å². The monoisotopic (exact) mass is 373 g/mol. The van der Waals surface area contributed by atoms with E-state index in [1.54, 1.807) is 12.1 Å². The van der Waals surface area contributed by atoms with Crippen LogP contribution < -0.4 is 10.8 Å². The third kappa shape index (κ3) is 6.66. The summed E-state index contributed by atoms with van der Waals surface area (Å²) in [6, 6.07) is 9.50. The summed E-state index contributed by atoms with van der Waals surface area (Å²) in [5, 5.41) is 11.9. The number of carbonyl (C=O) groups is 2. The second-order valence-corrected chi connectivity index (χ2v) is 6.72. The van der Waals surface area contributed by atoms with Crippen LogP contribution in [0.25, 0.3) is 0 Å². The molecule has 2 rings (SSSR count). The van der Waals surface area contributed by atoms with Crippen molar-refractivity contribution in [1.82, 2.24) is 10.8 Å². The molecule has 1 fully saturated rings. The Morgan fingerprint density at radius 3 is 2.78 bits per heavy atom. The SMILES string of the molecule is CCC(CCCC(=O)OC)NC(=O)C[C@H]1C[C@@H](c2ccc(C#N)cc2)NO1. The van der Waals surface area contributed by atoms with Crippen molar-refractivity contribution in [1.29, 1.82) is 5.26 Å². The van der Waals surface area contributed by atoms with E-state index in [1.807, 2.05) is 19.1 Å². The highest BCUT2D eigenvalue weighted by Crippen LogP contribution is 2.27. The van der Waals surface area contributed by atoms with Gasteiger partial charge in [-0.1, -0.05) is 19.1 Å². The van der Waals surface area contributed by atoms with Gasteiger partial charge in [0.05, 0.1) is 37.3 Å². The van der Waals surface area contributed by atoms with Gasteiger partial charge in [0.25, 0.3) is 0 Å². The lowest BCUT2D eigenvalue weighted by atomic mass is 9.99. The van der Waals surface area contributed by atoms with Gasteiger partial charge in [-0.15, -0.1) is 0 Å². The quantitative estimate of drug-likeness (QED) is 0.645. The van der Waals surface area contributed by atoms with Gasteiger partial charge in [-0.05, 0) is 43.4 Å². The van der Waals surface area contributed by atoms with Crippen molar-refractivity contribution in [3.05, 3.63) is 35.4 Å².